The first-order valence-electron chi connectivity index (χ1n) is 10.5. The summed E-state index contributed by atoms with van der Waals surface area (Å²) in [7, 11) is 1.49. The largest absolute Gasteiger partial charge is 0.490 e. The van der Waals surface area contributed by atoms with Gasteiger partial charge < -0.3 is 24.0 Å². The molecule has 9 nitrogen and oxygen atoms in total. The number of thiazole rings is 1. The molecule has 0 saturated carbocycles. The van der Waals surface area contributed by atoms with Crippen LogP contribution in [0.15, 0.2) is 42.2 Å². The number of ether oxygens (including phenoxy) is 3. The van der Waals surface area contributed by atoms with Gasteiger partial charge >= 0.3 is 0 Å². The summed E-state index contributed by atoms with van der Waals surface area (Å²) in [6, 6.07) is 9.58. The standard InChI is InChI=1S/C23H21N5O4S/c1-30-22-15(10-24)8-16(11-26-22)28-6-7-31-20-3-2-17(9-19(20)28)32-18-4-5-27(13-18)23(29)21-12-25-14-33-21/h2-3,8-9,11-12,14,18H,4-7,13H2,1H3/t18-/m0/s1. The third-order valence-corrected chi connectivity index (χ3v) is 6.40. The van der Waals surface area contributed by atoms with Gasteiger partial charge in [-0.05, 0) is 18.2 Å². The Balaban J connectivity index is 1.34. The SMILES string of the molecule is COc1ncc(N2CCOc3ccc(O[C@H]4CCN(C(=O)c5cncs5)C4)cc32)cc1C#N. The van der Waals surface area contributed by atoms with Crippen LogP contribution in [0.1, 0.15) is 21.7 Å². The van der Waals surface area contributed by atoms with E-state index in [4.69, 9.17) is 14.2 Å². The van der Waals surface area contributed by atoms with Crippen LogP contribution >= 0.6 is 11.3 Å². The summed E-state index contributed by atoms with van der Waals surface area (Å²) >= 11 is 1.35. The second kappa shape index (κ2) is 8.96. The van der Waals surface area contributed by atoms with Gasteiger partial charge in [0, 0.05) is 19.0 Å². The number of rotatable bonds is 5. The van der Waals surface area contributed by atoms with Crippen LogP contribution in [0.25, 0.3) is 0 Å². The van der Waals surface area contributed by atoms with Gasteiger partial charge in [0.2, 0.25) is 5.88 Å². The van der Waals surface area contributed by atoms with Gasteiger partial charge in [0.15, 0.2) is 0 Å². The molecule has 0 N–H and O–H groups in total. The van der Waals surface area contributed by atoms with E-state index in [2.05, 4.69) is 16.0 Å². The van der Waals surface area contributed by atoms with Crippen molar-refractivity contribution in [3.05, 3.63) is 52.6 Å². The molecule has 10 heteroatoms. The summed E-state index contributed by atoms with van der Waals surface area (Å²) in [5, 5.41) is 9.43. The van der Waals surface area contributed by atoms with Crippen molar-refractivity contribution < 1.29 is 19.0 Å². The number of carbonyl (C=O) groups is 1. The summed E-state index contributed by atoms with van der Waals surface area (Å²) in [6.07, 6.45) is 3.95. The number of hydrogen-bond donors (Lipinski definition) is 0. The number of aromatic nitrogens is 2. The lowest BCUT2D eigenvalue weighted by Crippen LogP contribution is -2.30. The van der Waals surface area contributed by atoms with E-state index in [0.29, 0.717) is 48.3 Å². The lowest BCUT2D eigenvalue weighted by Gasteiger charge is -2.31. The lowest BCUT2D eigenvalue weighted by atomic mass is 10.2. The fourth-order valence-electron chi connectivity index (χ4n) is 4.05. The van der Waals surface area contributed by atoms with E-state index in [0.717, 1.165) is 23.5 Å². The molecule has 0 spiro atoms. The zero-order valence-corrected chi connectivity index (χ0v) is 18.7. The van der Waals surface area contributed by atoms with E-state index in [1.165, 1.54) is 18.4 Å². The zero-order chi connectivity index (χ0) is 22.8. The van der Waals surface area contributed by atoms with Crippen molar-refractivity contribution in [1.29, 1.82) is 5.26 Å². The highest BCUT2D eigenvalue weighted by Gasteiger charge is 2.29. The quantitative estimate of drug-likeness (QED) is 0.568. The molecule has 168 valence electrons. The molecule has 1 aromatic carbocycles. The second-order valence-electron chi connectivity index (χ2n) is 7.64. The topological polar surface area (TPSA) is 101 Å². The van der Waals surface area contributed by atoms with Gasteiger partial charge in [-0.2, -0.15) is 5.26 Å². The molecular weight excluding hydrogens is 442 g/mol. The van der Waals surface area contributed by atoms with E-state index in [9.17, 15) is 10.1 Å². The molecule has 1 atom stereocenters. The third-order valence-electron chi connectivity index (χ3n) is 5.63. The number of hydrogen-bond acceptors (Lipinski definition) is 9. The molecule has 0 aliphatic carbocycles. The molecule has 3 aromatic rings. The van der Waals surface area contributed by atoms with E-state index < -0.39 is 0 Å². The molecule has 2 aliphatic rings. The average molecular weight is 464 g/mol. The number of nitriles is 1. The van der Waals surface area contributed by atoms with Gasteiger partial charge in [-0.15, -0.1) is 11.3 Å². The van der Waals surface area contributed by atoms with Gasteiger partial charge in [0.25, 0.3) is 5.91 Å². The normalized spacial score (nSPS) is 17.2. The number of nitrogens with zero attached hydrogens (tertiary/aromatic N) is 5. The fourth-order valence-corrected chi connectivity index (χ4v) is 4.64. The Labute approximate surface area is 194 Å². The molecule has 0 radical (unpaired) electrons. The van der Waals surface area contributed by atoms with Crippen LogP contribution in [0.4, 0.5) is 11.4 Å². The molecule has 2 aromatic heterocycles. The highest BCUT2D eigenvalue weighted by Crippen LogP contribution is 2.40. The fraction of sp³-hybridized carbons (Fsp3) is 0.304. The number of benzene rings is 1. The second-order valence-corrected chi connectivity index (χ2v) is 8.52. The monoisotopic (exact) mass is 463 g/mol. The Morgan fingerprint density at radius 3 is 3.00 bits per heavy atom. The molecular formula is C23H21N5O4S. The number of carbonyl (C=O) groups excluding carboxylic acids is 1. The van der Waals surface area contributed by atoms with Gasteiger partial charge in [0.05, 0.1) is 49.5 Å². The van der Waals surface area contributed by atoms with Crippen LogP contribution in [0, 0.1) is 11.3 Å². The maximum Gasteiger partial charge on any atom is 0.265 e. The van der Waals surface area contributed by atoms with Gasteiger partial charge in [-0.25, -0.2) is 4.98 Å². The number of anilines is 2. The molecule has 5 rings (SSSR count). The maximum atomic E-state index is 12.6. The summed E-state index contributed by atoms with van der Waals surface area (Å²) in [5.74, 6) is 1.72. The van der Waals surface area contributed by atoms with Crippen LogP contribution in [0.2, 0.25) is 0 Å². The Morgan fingerprint density at radius 2 is 2.21 bits per heavy atom. The zero-order valence-electron chi connectivity index (χ0n) is 17.9. The molecule has 33 heavy (non-hydrogen) atoms. The van der Waals surface area contributed by atoms with E-state index in [1.807, 2.05) is 23.1 Å². The van der Waals surface area contributed by atoms with Crippen molar-refractivity contribution in [2.24, 2.45) is 0 Å². The first-order chi connectivity index (χ1) is 16.2. The minimum atomic E-state index is -0.0919. The van der Waals surface area contributed by atoms with Crippen molar-refractivity contribution in [1.82, 2.24) is 14.9 Å². The van der Waals surface area contributed by atoms with E-state index in [1.54, 1.807) is 28.9 Å². The van der Waals surface area contributed by atoms with Crippen LogP contribution < -0.4 is 19.1 Å². The first kappa shape index (κ1) is 21.0. The highest BCUT2D eigenvalue weighted by atomic mass is 32.1. The van der Waals surface area contributed by atoms with Gasteiger partial charge in [0.1, 0.15) is 40.7 Å². The Bertz CT molecular complexity index is 1210. The van der Waals surface area contributed by atoms with Crippen LogP contribution in [-0.4, -0.2) is 60.2 Å². The molecule has 4 heterocycles. The predicted molar refractivity (Wildman–Crippen MR) is 121 cm³/mol. The lowest BCUT2D eigenvalue weighted by molar-refractivity contribution is 0.0777. The Hall–Kier alpha value is -3.84. The minimum absolute atomic E-state index is 0.00563. The smallest absolute Gasteiger partial charge is 0.265 e. The number of likely N-dealkylation sites (tertiary alicyclic amines) is 1. The molecule has 1 fully saturated rings. The van der Waals surface area contributed by atoms with Gasteiger partial charge in [-0.1, -0.05) is 0 Å². The summed E-state index contributed by atoms with van der Waals surface area (Å²) in [6.45, 7) is 2.30. The van der Waals surface area contributed by atoms with E-state index in [-0.39, 0.29) is 12.0 Å². The molecule has 1 saturated heterocycles. The number of fused-ring (bicyclic) bond motifs is 1. The predicted octanol–water partition coefficient (Wildman–Crippen LogP) is 3.24. The number of amides is 1. The number of pyridine rings is 1. The van der Waals surface area contributed by atoms with E-state index >= 15 is 0 Å². The maximum absolute atomic E-state index is 12.6. The van der Waals surface area contributed by atoms with Gasteiger partial charge in [-0.3, -0.25) is 9.78 Å². The van der Waals surface area contributed by atoms with Crippen molar-refractivity contribution >= 4 is 28.6 Å². The van der Waals surface area contributed by atoms with Crippen LogP contribution in [0.5, 0.6) is 17.4 Å². The Morgan fingerprint density at radius 1 is 1.30 bits per heavy atom. The molecule has 2 aliphatic heterocycles. The van der Waals surface area contributed by atoms with Crippen LogP contribution in [0.3, 0.4) is 0 Å². The minimum Gasteiger partial charge on any atom is -0.490 e. The molecule has 1 amide bonds. The van der Waals surface area contributed by atoms with Crippen LogP contribution in [-0.2, 0) is 0 Å². The van der Waals surface area contributed by atoms with Crippen molar-refractivity contribution in [2.45, 2.75) is 12.5 Å². The van der Waals surface area contributed by atoms with Crippen molar-refractivity contribution in [3.63, 3.8) is 0 Å². The van der Waals surface area contributed by atoms with Crippen molar-refractivity contribution in [3.8, 4) is 23.4 Å². The van der Waals surface area contributed by atoms with Crippen molar-refractivity contribution in [2.75, 3.05) is 38.3 Å². The number of methoxy groups -OCH3 is 1. The first-order valence-corrected chi connectivity index (χ1v) is 11.4. The summed E-state index contributed by atoms with van der Waals surface area (Å²) in [5.41, 5.74) is 3.64. The molecule has 0 unspecified atom stereocenters. The Kier molecular flexibility index (Phi) is 5.71. The third kappa shape index (κ3) is 4.15. The molecule has 0 bridgehead atoms. The highest BCUT2D eigenvalue weighted by molar-refractivity contribution is 7.11. The summed E-state index contributed by atoms with van der Waals surface area (Å²) < 4.78 is 17.2. The summed E-state index contributed by atoms with van der Waals surface area (Å²) in [4.78, 5) is 25.3. The average Bonchev–Trinajstić information content (AvgIpc) is 3.55.